The summed E-state index contributed by atoms with van der Waals surface area (Å²) in [5, 5.41) is 20.0. The van der Waals surface area contributed by atoms with Crippen LogP contribution in [-0.4, -0.2) is 11.9 Å². The molecule has 0 aromatic rings. The average Bonchev–Trinajstić information content (AvgIpc) is 1.81. The van der Waals surface area contributed by atoms with Crippen LogP contribution >= 0.6 is 0 Å². The van der Waals surface area contributed by atoms with E-state index in [1.807, 2.05) is 0 Å². The highest BCUT2D eigenvalue weighted by Gasteiger charge is 2.08. The summed E-state index contributed by atoms with van der Waals surface area (Å²) in [4.78, 5) is 20.0. The third-order valence-corrected chi connectivity index (χ3v) is 1.15. The zero-order chi connectivity index (χ0) is 8.15. The molecule has 0 fully saturated rings. The zero-order valence-electron chi connectivity index (χ0n) is 5.62. The van der Waals surface area contributed by atoms with E-state index in [9.17, 15) is 19.8 Å². The van der Waals surface area contributed by atoms with Gasteiger partial charge in [0.15, 0.2) is 0 Å². The Kier molecular flexibility index (Phi) is 3.46. The van der Waals surface area contributed by atoms with E-state index >= 15 is 0 Å². The van der Waals surface area contributed by atoms with Crippen LogP contribution in [0.25, 0.3) is 0 Å². The van der Waals surface area contributed by atoms with Crippen LogP contribution in [0.5, 0.6) is 0 Å². The van der Waals surface area contributed by atoms with E-state index in [0.29, 0.717) is 6.42 Å². The summed E-state index contributed by atoms with van der Waals surface area (Å²) in [6.07, 6.45) is 0.567. The lowest BCUT2D eigenvalue weighted by Gasteiger charge is -2.17. The predicted molar refractivity (Wildman–Crippen MR) is 28.4 cm³/mol. The zero-order valence-corrected chi connectivity index (χ0v) is 5.62. The standard InChI is InChI=1S/C6H10O4/c1-2-3-4(5(7)8)6(9)10/h4H,2-3H2,1H3,(H,7,8)(H,9,10)/p-2. The van der Waals surface area contributed by atoms with Gasteiger partial charge in [-0.1, -0.05) is 13.3 Å². The van der Waals surface area contributed by atoms with Crippen LogP contribution in [0.2, 0.25) is 0 Å². The van der Waals surface area contributed by atoms with Crippen molar-refractivity contribution < 1.29 is 19.8 Å². The third-order valence-electron chi connectivity index (χ3n) is 1.15. The Balaban J connectivity index is 3.98. The van der Waals surface area contributed by atoms with Crippen LogP contribution in [0.15, 0.2) is 0 Å². The molecule has 0 heterocycles. The fraction of sp³-hybridized carbons (Fsp3) is 0.667. The Labute approximate surface area is 58.5 Å². The molecule has 0 bridgehead atoms. The highest BCUT2D eigenvalue weighted by molar-refractivity contribution is 5.90. The molecule has 0 saturated heterocycles. The second kappa shape index (κ2) is 3.87. The van der Waals surface area contributed by atoms with Crippen molar-refractivity contribution >= 4 is 11.9 Å². The molecule has 0 unspecified atom stereocenters. The second-order valence-corrected chi connectivity index (χ2v) is 1.98. The number of hydrogen-bond donors (Lipinski definition) is 0. The SMILES string of the molecule is CCCC(C(=O)[O-])C(=O)[O-]. The van der Waals surface area contributed by atoms with Gasteiger partial charge in [0.05, 0.1) is 11.9 Å². The number of hydrogen-bond acceptors (Lipinski definition) is 4. The topological polar surface area (TPSA) is 80.3 Å². The summed E-state index contributed by atoms with van der Waals surface area (Å²) in [6, 6.07) is 0. The molecule has 10 heavy (non-hydrogen) atoms. The molecule has 4 nitrogen and oxygen atoms in total. The molecular weight excluding hydrogens is 136 g/mol. The van der Waals surface area contributed by atoms with Crippen LogP contribution in [0.3, 0.4) is 0 Å². The summed E-state index contributed by atoms with van der Waals surface area (Å²) in [5.41, 5.74) is 0. The lowest BCUT2D eigenvalue weighted by Crippen LogP contribution is -2.43. The van der Waals surface area contributed by atoms with Crippen molar-refractivity contribution in [2.45, 2.75) is 19.8 Å². The molecular formula is C6H8O4-2. The number of carboxylic acid groups (broad SMARTS) is 2. The normalized spacial score (nSPS) is 9.80. The Morgan fingerprint density at radius 2 is 1.70 bits per heavy atom. The van der Waals surface area contributed by atoms with E-state index in [4.69, 9.17) is 0 Å². The summed E-state index contributed by atoms with van der Waals surface area (Å²) in [7, 11) is 0. The minimum Gasteiger partial charge on any atom is -0.549 e. The number of carboxylic acids is 2. The van der Waals surface area contributed by atoms with Crippen LogP contribution in [0.1, 0.15) is 19.8 Å². The van der Waals surface area contributed by atoms with Crippen molar-refractivity contribution in [1.82, 2.24) is 0 Å². The Bertz CT molecular complexity index is 127. The highest BCUT2D eigenvalue weighted by atomic mass is 16.4. The molecule has 0 aromatic heterocycles. The van der Waals surface area contributed by atoms with Gasteiger partial charge in [-0.3, -0.25) is 0 Å². The number of rotatable bonds is 4. The average molecular weight is 144 g/mol. The van der Waals surface area contributed by atoms with Crippen molar-refractivity contribution in [3.05, 3.63) is 0 Å². The molecule has 0 atom stereocenters. The van der Waals surface area contributed by atoms with Gasteiger partial charge in [0.25, 0.3) is 0 Å². The fourth-order valence-corrected chi connectivity index (χ4v) is 0.621. The second-order valence-electron chi connectivity index (χ2n) is 1.98. The highest BCUT2D eigenvalue weighted by Crippen LogP contribution is 2.02. The minimum atomic E-state index is -1.57. The number of aliphatic carboxylic acids is 2. The molecule has 0 aromatic carbocycles. The maximum Gasteiger partial charge on any atom is 0.0501 e. The van der Waals surface area contributed by atoms with Gasteiger partial charge in [0.1, 0.15) is 0 Å². The van der Waals surface area contributed by atoms with Crippen molar-refractivity contribution in [2.75, 3.05) is 0 Å². The molecule has 0 rings (SSSR count). The first-order chi connectivity index (χ1) is 4.59. The van der Waals surface area contributed by atoms with E-state index in [1.165, 1.54) is 0 Å². The monoisotopic (exact) mass is 144 g/mol. The number of carbonyl (C=O) groups is 2. The van der Waals surface area contributed by atoms with E-state index < -0.39 is 17.9 Å². The van der Waals surface area contributed by atoms with Crippen molar-refractivity contribution in [3.63, 3.8) is 0 Å². The molecule has 0 aliphatic rings. The van der Waals surface area contributed by atoms with Gasteiger partial charge in [-0.15, -0.1) is 0 Å². The summed E-state index contributed by atoms with van der Waals surface area (Å²) in [6.45, 7) is 1.69. The fourth-order valence-electron chi connectivity index (χ4n) is 0.621. The first-order valence-electron chi connectivity index (χ1n) is 3.01. The molecule has 4 heteroatoms. The lowest BCUT2D eigenvalue weighted by molar-refractivity contribution is -0.331. The molecule has 0 radical (unpaired) electrons. The van der Waals surface area contributed by atoms with Crippen molar-refractivity contribution in [3.8, 4) is 0 Å². The van der Waals surface area contributed by atoms with E-state index in [0.717, 1.165) is 0 Å². The summed E-state index contributed by atoms with van der Waals surface area (Å²) in [5.74, 6) is -4.59. The van der Waals surface area contributed by atoms with Gasteiger partial charge in [0.2, 0.25) is 0 Å². The van der Waals surface area contributed by atoms with E-state index in [2.05, 4.69) is 0 Å². The van der Waals surface area contributed by atoms with Gasteiger partial charge in [-0.05, 0) is 6.42 Å². The van der Waals surface area contributed by atoms with Gasteiger partial charge in [0, 0.05) is 5.92 Å². The Hall–Kier alpha value is -1.06. The largest absolute Gasteiger partial charge is 0.549 e. The van der Waals surface area contributed by atoms with E-state index in [-0.39, 0.29) is 6.42 Å². The van der Waals surface area contributed by atoms with Crippen molar-refractivity contribution in [1.29, 1.82) is 0 Å². The molecule has 0 saturated carbocycles. The first kappa shape index (κ1) is 8.94. The summed E-state index contributed by atoms with van der Waals surface area (Å²) >= 11 is 0. The summed E-state index contributed by atoms with van der Waals surface area (Å²) < 4.78 is 0. The van der Waals surface area contributed by atoms with Crippen molar-refractivity contribution in [2.24, 2.45) is 5.92 Å². The molecule has 0 spiro atoms. The third kappa shape index (κ3) is 2.48. The molecule has 0 aliphatic heterocycles. The Morgan fingerprint density at radius 1 is 1.30 bits per heavy atom. The van der Waals surface area contributed by atoms with Gasteiger partial charge < -0.3 is 19.8 Å². The number of carbonyl (C=O) groups excluding carboxylic acids is 2. The molecule has 0 N–H and O–H groups in total. The maximum atomic E-state index is 10.00. The van der Waals surface area contributed by atoms with Crippen LogP contribution in [-0.2, 0) is 9.59 Å². The van der Waals surface area contributed by atoms with Crippen LogP contribution < -0.4 is 10.2 Å². The van der Waals surface area contributed by atoms with E-state index in [1.54, 1.807) is 6.92 Å². The predicted octanol–water partition coefficient (Wildman–Crippen LogP) is -2.10. The van der Waals surface area contributed by atoms with Crippen LogP contribution in [0.4, 0.5) is 0 Å². The maximum absolute atomic E-state index is 10.00. The van der Waals surface area contributed by atoms with Gasteiger partial charge in [-0.25, -0.2) is 0 Å². The smallest absolute Gasteiger partial charge is 0.0501 e. The van der Waals surface area contributed by atoms with Gasteiger partial charge >= 0.3 is 0 Å². The molecule has 0 amide bonds. The quantitative estimate of drug-likeness (QED) is 0.423. The lowest BCUT2D eigenvalue weighted by atomic mass is 10.1. The van der Waals surface area contributed by atoms with Gasteiger partial charge in [-0.2, -0.15) is 0 Å². The molecule has 0 aliphatic carbocycles. The first-order valence-corrected chi connectivity index (χ1v) is 3.01. The Morgan fingerprint density at radius 3 is 1.80 bits per heavy atom. The van der Waals surface area contributed by atoms with Crippen LogP contribution in [0, 0.1) is 5.92 Å². The minimum absolute atomic E-state index is 0.0741. The molecule has 58 valence electrons.